The van der Waals surface area contributed by atoms with Crippen LogP contribution in [0.3, 0.4) is 0 Å². The first-order valence-corrected chi connectivity index (χ1v) is 18.4. The molecule has 6 aliphatic carbocycles. The van der Waals surface area contributed by atoms with Crippen molar-refractivity contribution in [2.45, 2.75) is 165 Å². The molecule has 0 heterocycles. The molecule has 0 nitrogen and oxygen atoms in total. The summed E-state index contributed by atoms with van der Waals surface area (Å²) in [5.41, 5.74) is 19.4. The van der Waals surface area contributed by atoms with Crippen molar-refractivity contribution in [2.24, 2.45) is 0 Å². The van der Waals surface area contributed by atoms with E-state index in [0.29, 0.717) is 0 Å². The van der Waals surface area contributed by atoms with Crippen molar-refractivity contribution >= 4 is 12.6 Å². The van der Waals surface area contributed by atoms with E-state index < -0.39 is 4.75 Å². The van der Waals surface area contributed by atoms with Gasteiger partial charge < -0.3 is 0 Å². The van der Waals surface area contributed by atoms with Gasteiger partial charge in [-0.05, 0) is 138 Å². The van der Waals surface area contributed by atoms with Crippen LogP contribution >= 0.6 is 12.6 Å². The third-order valence-electron chi connectivity index (χ3n) is 14.2. The Hall–Kier alpha value is -1.99. The largest absolute Gasteiger partial charge is 0.158 e. The average Bonchev–Trinajstić information content (AvgIpc) is 2.95. The lowest BCUT2D eigenvalue weighted by molar-refractivity contribution is 0.328. The Labute approximate surface area is 279 Å². The zero-order chi connectivity index (χ0) is 32.5. The Kier molecular flexibility index (Phi) is 5.75. The smallest absolute Gasteiger partial charge is 0.0887 e. The minimum Gasteiger partial charge on any atom is -0.158 e. The first-order valence-electron chi connectivity index (χ1n) is 17.9. The first-order chi connectivity index (χ1) is 20.6. The lowest BCUT2D eigenvalue weighted by Crippen LogP contribution is -2.44. The lowest BCUT2D eigenvalue weighted by atomic mass is 9.53. The second-order valence-electron chi connectivity index (χ2n) is 19.9. The van der Waals surface area contributed by atoms with Gasteiger partial charge in [0.1, 0.15) is 0 Å². The normalized spacial score (nSPS) is 29.4. The van der Waals surface area contributed by atoms with Crippen LogP contribution < -0.4 is 0 Å². The van der Waals surface area contributed by atoms with Gasteiger partial charge >= 0.3 is 0 Å². The van der Waals surface area contributed by atoms with Crippen LogP contribution in [-0.4, -0.2) is 0 Å². The molecule has 45 heavy (non-hydrogen) atoms. The number of thiol groups is 1. The fourth-order valence-electron chi connectivity index (χ4n) is 10.5. The summed E-state index contributed by atoms with van der Waals surface area (Å²) in [5.74, 6) is 0.252. The van der Waals surface area contributed by atoms with Gasteiger partial charge in [-0.3, -0.25) is 0 Å². The maximum absolute atomic E-state index is 6.03. The van der Waals surface area contributed by atoms with Gasteiger partial charge in [-0.2, -0.15) is 12.6 Å². The van der Waals surface area contributed by atoms with Crippen LogP contribution in [0.5, 0.6) is 0 Å². The van der Waals surface area contributed by atoms with Crippen LogP contribution in [0.2, 0.25) is 0 Å². The summed E-state index contributed by atoms with van der Waals surface area (Å²) in [6.45, 7) is 29.7. The van der Waals surface area contributed by atoms with Gasteiger partial charge in [0.15, 0.2) is 0 Å². The Morgan fingerprint density at radius 2 is 0.556 bits per heavy atom. The van der Waals surface area contributed by atoms with Gasteiger partial charge in [0, 0.05) is 5.92 Å². The SMILES string of the molecule is CC1(C)CCC(C)(C)c2cc3c(cc21)C1c2cc4c(cc2C3(S)c2cc3c(cc21)C(C)(C)CCC3(C)C)C(C)(C)CCC4(C)C. The molecule has 2 bridgehead atoms. The number of hydrogen-bond donors (Lipinski definition) is 1. The van der Waals surface area contributed by atoms with Crippen molar-refractivity contribution in [2.75, 3.05) is 0 Å². The fraction of sp³-hybridized carbons (Fsp3) is 0.591. The number of rotatable bonds is 0. The summed E-state index contributed by atoms with van der Waals surface area (Å²) in [4.78, 5) is 0. The van der Waals surface area contributed by atoms with Crippen LogP contribution in [-0.2, 0) is 37.2 Å². The van der Waals surface area contributed by atoms with E-state index in [1.807, 2.05) is 0 Å². The predicted molar refractivity (Wildman–Crippen MR) is 195 cm³/mol. The molecule has 0 aliphatic heterocycles. The highest BCUT2D eigenvalue weighted by molar-refractivity contribution is 7.81. The molecule has 9 rings (SSSR count). The van der Waals surface area contributed by atoms with Gasteiger partial charge in [0.2, 0.25) is 0 Å². The molecule has 0 atom stereocenters. The second kappa shape index (κ2) is 8.53. The molecule has 0 spiro atoms. The van der Waals surface area contributed by atoms with Crippen molar-refractivity contribution in [3.63, 3.8) is 0 Å². The fourth-order valence-corrected chi connectivity index (χ4v) is 11.1. The number of benzene rings is 3. The quantitative estimate of drug-likeness (QED) is 0.239. The Morgan fingerprint density at radius 3 is 0.778 bits per heavy atom. The van der Waals surface area contributed by atoms with E-state index in [9.17, 15) is 0 Å². The van der Waals surface area contributed by atoms with Crippen LogP contribution in [0.15, 0.2) is 36.4 Å². The molecule has 0 fully saturated rings. The molecule has 6 aliphatic rings. The molecule has 3 aromatic carbocycles. The third kappa shape index (κ3) is 3.80. The van der Waals surface area contributed by atoms with Crippen LogP contribution in [0.1, 0.15) is 194 Å². The monoisotopic (exact) mass is 616 g/mol. The zero-order valence-corrected chi connectivity index (χ0v) is 31.1. The van der Waals surface area contributed by atoms with Crippen LogP contribution in [0.4, 0.5) is 0 Å². The first kappa shape index (κ1) is 30.4. The van der Waals surface area contributed by atoms with E-state index >= 15 is 0 Å². The van der Waals surface area contributed by atoms with Crippen molar-refractivity contribution < 1.29 is 0 Å². The maximum Gasteiger partial charge on any atom is 0.0887 e. The van der Waals surface area contributed by atoms with Crippen molar-refractivity contribution in [3.8, 4) is 0 Å². The summed E-state index contributed by atoms with van der Waals surface area (Å²) < 4.78 is -0.471. The van der Waals surface area contributed by atoms with Gasteiger partial charge in [-0.25, -0.2) is 0 Å². The van der Waals surface area contributed by atoms with Gasteiger partial charge in [-0.1, -0.05) is 119 Å². The zero-order valence-electron chi connectivity index (χ0n) is 30.2. The van der Waals surface area contributed by atoms with E-state index in [2.05, 4.69) is 119 Å². The van der Waals surface area contributed by atoms with E-state index in [1.54, 1.807) is 33.4 Å². The van der Waals surface area contributed by atoms with Crippen molar-refractivity contribution in [1.82, 2.24) is 0 Å². The minimum atomic E-state index is -0.471. The van der Waals surface area contributed by atoms with E-state index in [4.69, 9.17) is 12.6 Å². The van der Waals surface area contributed by atoms with Gasteiger partial charge in [0.25, 0.3) is 0 Å². The molecule has 1 heteroatoms. The van der Waals surface area contributed by atoms with E-state index in [-0.39, 0.29) is 38.4 Å². The standard InChI is InChI=1S/C44H56S/c1-38(2)13-16-41(7,8)34-22-28-25(19-31(34)38)37-26-20-32-35(42(9,10)17-14-39(32,3)4)23-29(26)44(28,45)30-24-36-33(21-27(30)37)40(5,6)15-18-43(36,11)12/h19-24,37,45H,13-18H2,1-12H3. The highest BCUT2D eigenvalue weighted by Crippen LogP contribution is 2.65. The molecular formula is C44H56S. The third-order valence-corrected chi connectivity index (χ3v) is 14.9. The molecular weight excluding hydrogens is 561 g/mol. The van der Waals surface area contributed by atoms with Gasteiger partial charge in [-0.15, -0.1) is 0 Å². The molecule has 3 aromatic rings. The van der Waals surface area contributed by atoms with Crippen molar-refractivity contribution in [3.05, 3.63) is 103 Å². The predicted octanol–water partition coefficient (Wildman–Crippen LogP) is 11.8. The summed E-state index contributed by atoms with van der Waals surface area (Å²) in [6.07, 6.45) is 7.41. The summed E-state index contributed by atoms with van der Waals surface area (Å²) >= 11 is 6.03. The molecule has 0 saturated carbocycles. The topological polar surface area (TPSA) is 0 Å². The lowest BCUT2D eigenvalue weighted by Gasteiger charge is -2.53. The Balaban J connectivity index is 1.51. The average molecular weight is 617 g/mol. The summed E-state index contributed by atoms with van der Waals surface area (Å²) in [6, 6.07) is 16.0. The van der Waals surface area contributed by atoms with E-state index in [0.717, 1.165) is 0 Å². The molecule has 0 aromatic heterocycles. The summed E-state index contributed by atoms with van der Waals surface area (Å²) in [7, 11) is 0. The maximum atomic E-state index is 6.03. The molecule has 0 saturated heterocycles. The molecule has 0 N–H and O–H groups in total. The second-order valence-corrected chi connectivity index (χ2v) is 20.6. The summed E-state index contributed by atoms with van der Waals surface area (Å²) in [5, 5.41) is 0. The van der Waals surface area contributed by atoms with Crippen LogP contribution in [0.25, 0.3) is 0 Å². The molecule has 0 amide bonds. The van der Waals surface area contributed by atoms with E-state index in [1.165, 1.54) is 71.9 Å². The molecule has 0 radical (unpaired) electrons. The molecule has 0 unspecified atom stereocenters. The number of fused-ring (bicyclic) bond motifs is 3. The minimum absolute atomic E-state index is 0.163. The highest BCUT2D eigenvalue weighted by atomic mass is 32.1. The van der Waals surface area contributed by atoms with Crippen molar-refractivity contribution in [1.29, 1.82) is 0 Å². The Bertz CT molecular complexity index is 1610. The van der Waals surface area contributed by atoms with Gasteiger partial charge in [0.05, 0.1) is 4.75 Å². The van der Waals surface area contributed by atoms with Crippen LogP contribution in [0, 0.1) is 0 Å². The molecule has 238 valence electrons. The number of hydrogen-bond acceptors (Lipinski definition) is 1. The highest BCUT2D eigenvalue weighted by Gasteiger charge is 2.54. The Morgan fingerprint density at radius 1 is 0.356 bits per heavy atom.